The fourth-order valence-corrected chi connectivity index (χ4v) is 4.37. The van der Waals surface area contributed by atoms with Crippen LogP contribution in [0.5, 0.6) is 5.75 Å². The third kappa shape index (κ3) is 3.28. The van der Waals surface area contributed by atoms with E-state index in [0.29, 0.717) is 27.5 Å². The molecule has 7 heteroatoms. The van der Waals surface area contributed by atoms with E-state index < -0.39 is 11.7 Å². The Bertz CT molecular complexity index is 1230. The van der Waals surface area contributed by atoms with Gasteiger partial charge >= 0.3 is 5.97 Å². The van der Waals surface area contributed by atoms with Crippen molar-refractivity contribution in [2.45, 2.75) is 6.92 Å². The first-order chi connectivity index (χ1) is 14.3. The van der Waals surface area contributed by atoms with Gasteiger partial charge in [0.15, 0.2) is 0 Å². The zero-order chi connectivity index (χ0) is 21.6. The first-order valence-electron chi connectivity index (χ1n) is 8.96. The summed E-state index contributed by atoms with van der Waals surface area (Å²) in [4.78, 5) is 26.2. The molecule has 0 spiro atoms. The molecule has 1 amide bonds. The smallest absolute Gasteiger partial charge is 0.339 e. The quantitative estimate of drug-likeness (QED) is 0.445. The zero-order valence-electron chi connectivity index (χ0n) is 15.7. The van der Waals surface area contributed by atoms with Gasteiger partial charge in [0.2, 0.25) is 0 Å². The Morgan fingerprint density at radius 2 is 1.87 bits per heavy atom. The van der Waals surface area contributed by atoms with Crippen LogP contribution in [0.25, 0.3) is 11.6 Å². The number of carbonyl (C=O) groups excluding carboxylic acids is 1. The third-order valence-electron chi connectivity index (χ3n) is 4.95. The van der Waals surface area contributed by atoms with Crippen molar-refractivity contribution in [3.8, 4) is 5.75 Å². The van der Waals surface area contributed by atoms with E-state index >= 15 is 0 Å². The van der Waals surface area contributed by atoms with Crippen LogP contribution in [0, 0.1) is 6.92 Å². The number of rotatable bonds is 3. The van der Waals surface area contributed by atoms with Crippen LogP contribution in [0.1, 0.15) is 27.0 Å². The van der Waals surface area contributed by atoms with Crippen LogP contribution in [0.2, 0.25) is 5.02 Å². The highest BCUT2D eigenvalue weighted by atomic mass is 79.9. The lowest BCUT2D eigenvalue weighted by molar-refractivity contribution is -0.112. The number of carboxylic acid groups (broad SMARTS) is 1. The predicted octanol–water partition coefficient (Wildman–Crippen LogP) is 6.03. The van der Waals surface area contributed by atoms with E-state index in [2.05, 4.69) is 15.9 Å². The number of anilines is 2. The molecule has 0 aromatic heterocycles. The Hall–Kier alpha value is -3.09. The summed E-state index contributed by atoms with van der Waals surface area (Å²) >= 11 is 9.84. The lowest BCUT2D eigenvalue weighted by Crippen LogP contribution is -2.20. The number of fused-ring (bicyclic) bond motifs is 1. The van der Waals surface area contributed by atoms with Crippen molar-refractivity contribution < 1.29 is 19.8 Å². The van der Waals surface area contributed by atoms with E-state index in [1.165, 1.54) is 23.1 Å². The largest absolute Gasteiger partial charge is 0.507 e. The molecule has 150 valence electrons. The highest BCUT2D eigenvalue weighted by molar-refractivity contribution is 9.10. The molecule has 4 rings (SSSR count). The fourth-order valence-electron chi connectivity index (χ4n) is 3.55. The maximum atomic E-state index is 13.5. The number of hydrogen-bond donors (Lipinski definition) is 2. The van der Waals surface area contributed by atoms with Gasteiger partial charge in [-0.05, 0) is 48.9 Å². The molecule has 0 aliphatic carbocycles. The van der Waals surface area contributed by atoms with Gasteiger partial charge in [-0.3, -0.25) is 9.69 Å². The second-order valence-electron chi connectivity index (χ2n) is 6.81. The maximum Gasteiger partial charge on any atom is 0.339 e. The van der Waals surface area contributed by atoms with Crippen LogP contribution in [0.4, 0.5) is 11.4 Å². The number of aryl methyl sites for hydroxylation is 1. The molecule has 3 aromatic carbocycles. The Balaban J connectivity index is 1.92. The monoisotopic (exact) mass is 483 g/mol. The van der Waals surface area contributed by atoms with Gasteiger partial charge in [0, 0.05) is 26.7 Å². The van der Waals surface area contributed by atoms with Crippen LogP contribution >= 0.6 is 27.5 Å². The second kappa shape index (κ2) is 7.63. The molecular weight excluding hydrogens is 470 g/mol. The number of nitrogens with zero attached hydrogens (tertiary/aromatic N) is 1. The van der Waals surface area contributed by atoms with Crippen molar-refractivity contribution in [1.29, 1.82) is 0 Å². The van der Waals surface area contributed by atoms with Crippen LogP contribution < -0.4 is 4.90 Å². The SMILES string of the molecule is Cc1cccc2c1/C(=C/c1c(Cl)cccc1Br)C(=O)N2c1ccc(C(=O)O)c(O)c1. The number of carbonyl (C=O) groups is 2. The van der Waals surface area contributed by atoms with Gasteiger partial charge in [-0.1, -0.05) is 45.7 Å². The molecule has 30 heavy (non-hydrogen) atoms. The molecule has 1 aliphatic rings. The topological polar surface area (TPSA) is 77.8 Å². The minimum atomic E-state index is -1.24. The molecule has 0 bridgehead atoms. The molecule has 0 unspecified atom stereocenters. The minimum Gasteiger partial charge on any atom is -0.507 e. The molecule has 1 heterocycles. The minimum absolute atomic E-state index is 0.231. The number of amides is 1. The third-order valence-corrected chi connectivity index (χ3v) is 5.97. The number of hydrogen-bond acceptors (Lipinski definition) is 3. The molecule has 0 radical (unpaired) electrons. The van der Waals surface area contributed by atoms with E-state index in [0.717, 1.165) is 15.6 Å². The number of halogens is 2. The Labute approximate surface area is 186 Å². The van der Waals surface area contributed by atoms with Crippen molar-refractivity contribution >= 4 is 62.4 Å². The fraction of sp³-hybridized carbons (Fsp3) is 0.0435. The normalized spacial score (nSPS) is 14.3. The van der Waals surface area contributed by atoms with Crippen molar-refractivity contribution in [3.05, 3.63) is 86.3 Å². The van der Waals surface area contributed by atoms with Gasteiger partial charge in [-0.15, -0.1) is 0 Å². The highest BCUT2D eigenvalue weighted by Crippen LogP contribution is 2.45. The van der Waals surface area contributed by atoms with E-state index in [1.54, 1.807) is 12.1 Å². The summed E-state index contributed by atoms with van der Waals surface area (Å²) in [6.45, 7) is 1.91. The van der Waals surface area contributed by atoms with Crippen molar-refractivity contribution in [2.75, 3.05) is 4.90 Å². The molecule has 0 saturated heterocycles. The maximum absolute atomic E-state index is 13.5. The standard InChI is InChI=1S/C23H15BrClNO4/c1-12-4-2-7-19-21(12)16(11-15-17(24)5-3-6-18(15)25)22(28)26(19)13-8-9-14(23(29)30)20(27)10-13/h2-11,27H,1H3,(H,29,30)/b16-11-. The summed E-state index contributed by atoms with van der Waals surface area (Å²) in [6.07, 6.45) is 1.74. The zero-order valence-corrected chi connectivity index (χ0v) is 18.0. The highest BCUT2D eigenvalue weighted by Gasteiger charge is 2.35. The Morgan fingerprint density at radius 3 is 2.53 bits per heavy atom. The first-order valence-corrected chi connectivity index (χ1v) is 10.1. The summed E-state index contributed by atoms with van der Waals surface area (Å²) in [5.41, 5.74) is 3.60. The summed E-state index contributed by atoms with van der Waals surface area (Å²) in [7, 11) is 0. The molecule has 5 nitrogen and oxygen atoms in total. The van der Waals surface area contributed by atoms with E-state index in [9.17, 15) is 14.7 Å². The van der Waals surface area contributed by atoms with Crippen molar-refractivity contribution in [1.82, 2.24) is 0 Å². The molecule has 0 fully saturated rings. The van der Waals surface area contributed by atoms with Gasteiger partial charge in [0.05, 0.1) is 16.9 Å². The van der Waals surface area contributed by atoms with Gasteiger partial charge in [0.1, 0.15) is 11.3 Å². The molecule has 1 aliphatic heterocycles. The van der Waals surface area contributed by atoms with Gasteiger partial charge in [-0.25, -0.2) is 4.79 Å². The average molecular weight is 485 g/mol. The lowest BCUT2D eigenvalue weighted by Gasteiger charge is -2.18. The van der Waals surface area contributed by atoms with Gasteiger partial charge in [-0.2, -0.15) is 0 Å². The van der Waals surface area contributed by atoms with Crippen molar-refractivity contribution in [3.63, 3.8) is 0 Å². The van der Waals surface area contributed by atoms with Crippen LogP contribution in [-0.2, 0) is 4.79 Å². The van der Waals surface area contributed by atoms with E-state index in [4.69, 9.17) is 16.7 Å². The van der Waals surface area contributed by atoms with Crippen LogP contribution in [0.3, 0.4) is 0 Å². The summed E-state index contributed by atoms with van der Waals surface area (Å²) < 4.78 is 0.757. The average Bonchev–Trinajstić information content (AvgIpc) is 2.97. The molecule has 0 atom stereocenters. The van der Waals surface area contributed by atoms with E-state index in [-0.39, 0.29) is 11.5 Å². The second-order valence-corrected chi connectivity index (χ2v) is 8.07. The van der Waals surface area contributed by atoms with Gasteiger partial charge < -0.3 is 10.2 Å². The number of carboxylic acids is 1. The number of benzene rings is 3. The number of aromatic carboxylic acids is 1. The summed E-state index contributed by atoms with van der Waals surface area (Å²) in [5.74, 6) is -1.95. The van der Waals surface area contributed by atoms with Crippen molar-refractivity contribution in [2.24, 2.45) is 0 Å². The summed E-state index contributed by atoms with van der Waals surface area (Å²) in [5, 5.41) is 19.8. The molecule has 0 saturated carbocycles. The van der Waals surface area contributed by atoms with E-state index in [1.807, 2.05) is 37.3 Å². The summed E-state index contributed by atoms with van der Waals surface area (Å²) in [6, 6.07) is 15.0. The van der Waals surface area contributed by atoms with Crippen LogP contribution in [0.15, 0.2) is 59.1 Å². The molecule has 3 aromatic rings. The number of phenols is 1. The number of aromatic hydroxyl groups is 1. The first kappa shape index (κ1) is 20.2. The Kier molecular flexibility index (Phi) is 5.13. The lowest BCUT2D eigenvalue weighted by atomic mass is 9.99. The Morgan fingerprint density at radius 1 is 1.13 bits per heavy atom. The molecule has 2 N–H and O–H groups in total. The predicted molar refractivity (Wildman–Crippen MR) is 120 cm³/mol. The van der Waals surface area contributed by atoms with Crippen LogP contribution in [-0.4, -0.2) is 22.1 Å². The van der Waals surface area contributed by atoms with Gasteiger partial charge in [0.25, 0.3) is 5.91 Å². The molecular formula is C23H15BrClNO4.